The summed E-state index contributed by atoms with van der Waals surface area (Å²) in [6, 6.07) is 28.4. The summed E-state index contributed by atoms with van der Waals surface area (Å²) in [4.78, 5) is 0. The van der Waals surface area contributed by atoms with E-state index in [0.29, 0.717) is 0 Å². The van der Waals surface area contributed by atoms with Crippen LogP contribution in [0.5, 0.6) is 5.75 Å². The van der Waals surface area contributed by atoms with Crippen molar-refractivity contribution in [3.05, 3.63) is 124 Å². The molecule has 0 aromatic heterocycles. The third-order valence-corrected chi connectivity index (χ3v) is 8.13. The number of allylic oxidation sites excluding steroid dienone is 4. The molecule has 3 aromatic rings. The Morgan fingerprint density at radius 2 is 1.57 bits per heavy atom. The van der Waals surface area contributed by atoms with Crippen molar-refractivity contribution >= 4 is 27.6 Å². The average Bonchev–Trinajstić information content (AvgIpc) is 3.19. The van der Waals surface area contributed by atoms with Crippen LogP contribution < -0.4 is 4.74 Å². The summed E-state index contributed by atoms with van der Waals surface area (Å²) in [5.74, 6) is 0.940. The van der Waals surface area contributed by atoms with Crippen LogP contribution in [-0.2, 0) is 5.41 Å². The van der Waals surface area contributed by atoms with E-state index in [1.54, 1.807) is 5.57 Å². The van der Waals surface area contributed by atoms with Crippen molar-refractivity contribution in [1.82, 2.24) is 0 Å². The summed E-state index contributed by atoms with van der Waals surface area (Å²) in [6.07, 6.45) is 12.3. The van der Waals surface area contributed by atoms with Crippen molar-refractivity contribution in [3.8, 4) is 5.75 Å². The van der Waals surface area contributed by atoms with Gasteiger partial charge >= 0.3 is 0 Å². The number of ether oxygens (including phenoxy) is 1. The molecule has 0 aliphatic heterocycles. The van der Waals surface area contributed by atoms with Gasteiger partial charge in [0.15, 0.2) is 0 Å². The van der Waals surface area contributed by atoms with E-state index in [1.165, 1.54) is 46.0 Å². The fourth-order valence-corrected chi connectivity index (χ4v) is 6.23. The minimum Gasteiger partial charge on any atom is -0.494 e. The summed E-state index contributed by atoms with van der Waals surface area (Å²) in [7, 11) is 0. The maximum Gasteiger partial charge on any atom is 0.119 e. The Bertz CT molecular complexity index is 1240. The Balaban J connectivity index is 1.28. The maximum atomic E-state index is 5.95. The second-order valence-corrected chi connectivity index (χ2v) is 10.6. The number of benzene rings is 3. The quantitative estimate of drug-likeness (QED) is 0.240. The minimum absolute atomic E-state index is 0.0595. The van der Waals surface area contributed by atoms with Crippen LogP contribution in [0.25, 0.3) is 11.6 Å². The van der Waals surface area contributed by atoms with E-state index in [1.807, 2.05) is 30.3 Å². The third-order valence-electron chi connectivity index (χ3n) is 7.51. The Morgan fingerprint density at radius 3 is 2.37 bits per heavy atom. The number of fused-ring (bicyclic) bond motifs is 2. The molecule has 0 radical (unpaired) electrons. The topological polar surface area (TPSA) is 9.23 Å². The van der Waals surface area contributed by atoms with Gasteiger partial charge in [-0.3, -0.25) is 0 Å². The highest BCUT2D eigenvalue weighted by Crippen LogP contribution is 2.56. The van der Waals surface area contributed by atoms with Gasteiger partial charge in [0.2, 0.25) is 0 Å². The Morgan fingerprint density at radius 1 is 0.829 bits per heavy atom. The Hall–Kier alpha value is -2.84. The average molecular weight is 526 g/mol. The highest BCUT2D eigenvalue weighted by Gasteiger charge is 2.45. The van der Waals surface area contributed by atoms with Gasteiger partial charge in [0.05, 0.1) is 6.61 Å². The van der Waals surface area contributed by atoms with Crippen LogP contribution in [0.1, 0.15) is 67.2 Å². The molecule has 35 heavy (non-hydrogen) atoms. The molecule has 0 spiro atoms. The van der Waals surface area contributed by atoms with E-state index in [-0.39, 0.29) is 5.41 Å². The number of hydrogen-bond acceptors (Lipinski definition) is 1. The summed E-state index contributed by atoms with van der Waals surface area (Å²) < 4.78 is 7.27. The molecule has 3 aromatic carbocycles. The van der Waals surface area contributed by atoms with Crippen LogP contribution >= 0.6 is 15.9 Å². The maximum absolute atomic E-state index is 5.95. The Kier molecular flexibility index (Phi) is 7.39. The molecule has 1 unspecified atom stereocenters. The second kappa shape index (κ2) is 10.8. The number of unbranched alkanes of at least 4 members (excludes halogenated alkanes) is 3. The normalized spacial score (nSPS) is 18.6. The Labute approximate surface area is 218 Å². The molecular formula is C33H33BrO. The zero-order chi connectivity index (χ0) is 24.1. The molecule has 5 rings (SSSR count). The minimum atomic E-state index is -0.0595. The molecule has 0 amide bonds. The fourth-order valence-electron chi connectivity index (χ4n) is 5.80. The lowest BCUT2D eigenvalue weighted by atomic mass is 9.68. The fraction of sp³-hybridized carbons (Fsp3) is 0.273. The van der Waals surface area contributed by atoms with Crippen LogP contribution in [0.15, 0.2) is 102 Å². The first-order chi connectivity index (χ1) is 17.2. The molecule has 0 heterocycles. The van der Waals surface area contributed by atoms with Gasteiger partial charge in [-0.15, -0.1) is 0 Å². The van der Waals surface area contributed by atoms with E-state index in [4.69, 9.17) is 4.74 Å². The van der Waals surface area contributed by atoms with Crippen molar-refractivity contribution in [2.75, 3.05) is 6.61 Å². The molecule has 1 atom stereocenters. The lowest BCUT2D eigenvalue weighted by molar-refractivity contribution is 0.303. The molecule has 0 N–H and O–H groups in total. The van der Waals surface area contributed by atoms with Gasteiger partial charge in [0, 0.05) is 5.41 Å². The highest BCUT2D eigenvalue weighted by atomic mass is 79.9. The summed E-state index contributed by atoms with van der Waals surface area (Å²) in [5, 5.41) is 0. The smallest absolute Gasteiger partial charge is 0.119 e. The van der Waals surface area contributed by atoms with Crippen molar-refractivity contribution in [3.63, 3.8) is 0 Å². The molecule has 2 aliphatic rings. The van der Waals surface area contributed by atoms with E-state index in [9.17, 15) is 0 Å². The summed E-state index contributed by atoms with van der Waals surface area (Å²) in [5.41, 5.74) is 8.48. The van der Waals surface area contributed by atoms with Gasteiger partial charge in [-0.2, -0.15) is 0 Å². The standard InChI is InChI=1S/C33H33BrO/c1-2-25-16-19-28(20-17-25)35-23-11-4-3-10-22-33(26-12-6-5-7-13-26)31-15-9-8-14-29(31)30-21-18-27(34)24-32(30)33/h2,5-9,12-17,19-20,24H,1,3-4,10-11,18,21-23H2. The van der Waals surface area contributed by atoms with Crippen molar-refractivity contribution < 1.29 is 4.74 Å². The van der Waals surface area contributed by atoms with Crippen LogP contribution in [0, 0.1) is 0 Å². The predicted octanol–water partition coefficient (Wildman–Crippen LogP) is 9.48. The molecule has 178 valence electrons. The molecule has 0 fully saturated rings. The molecule has 0 saturated carbocycles. The molecule has 2 heteroatoms. The molecule has 2 aliphatic carbocycles. The first-order valence-corrected chi connectivity index (χ1v) is 13.6. The van der Waals surface area contributed by atoms with Gasteiger partial charge in [-0.1, -0.05) is 115 Å². The molecular weight excluding hydrogens is 492 g/mol. The lowest BCUT2D eigenvalue weighted by Gasteiger charge is -2.35. The number of rotatable bonds is 10. The van der Waals surface area contributed by atoms with E-state index >= 15 is 0 Å². The predicted molar refractivity (Wildman–Crippen MR) is 152 cm³/mol. The summed E-state index contributed by atoms with van der Waals surface area (Å²) >= 11 is 3.84. The van der Waals surface area contributed by atoms with Crippen LogP contribution in [0.4, 0.5) is 0 Å². The van der Waals surface area contributed by atoms with E-state index < -0.39 is 0 Å². The molecule has 0 bridgehead atoms. The largest absolute Gasteiger partial charge is 0.494 e. The van der Waals surface area contributed by atoms with Gasteiger partial charge in [-0.05, 0) is 81.8 Å². The zero-order valence-electron chi connectivity index (χ0n) is 20.3. The van der Waals surface area contributed by atoms with Crippen LogP contribution in [0.2, 0.25) is 0 Å². The van der Waals surface area contributed by atoms with E-state index in [2.05, 4.69) is 83.2 Å². The van der Waals surface area contributed by atoms with Gasteiger partial charge in [0.1, 0.15) is 5.75 Å². The zero-order valence-corrected chi connectivity index (χ0v) is 21.9. The first-order valence-electron chi connectivity index (χ1n) is 12.8. The second-order valence-electron chi connectivity index (χ2n) is 9.59. The van der Waals surface area contributed by atoms with Crippen molar-refractivity contribution in [1.29, 1.82) is 0 Å². The van der Waals surface area contributed by atoms with Crippen molar-refractivity contribution in [2.45, 2.75) is 50.4 Å². The highest BCUT2D eigenvalue weighted by molar-refractivity contribution is 9.11. The molecule has 0 saturated heterocycles. The van der Waals surface area contributed by atoms with Crippen molar-refractivity contribution in [2.24, 2.45) is 0 Å². The summed E-state index contributed by atoms with van der Waals surface area (Å²) in [6.45, 7) is 4.58. The first kappa shape index (κ1) is 23.9. The van der Waals surface area contributed by atoms with Crippen LogP contribution in [0.3, 0.4) is 0 Å². The third kappa shape index (κ3) is 4.82. The van der Waals surface area contributed by atoms with Gasteiger partial charge in [0.25, 0.3) is 0 Å². The SMILES string of the molecule is C=Cc1ccc(OCCCCCCC2(c3ccccc3)C3=C(CCC(Br)=C3)c3ccccc32)cc1. The lowest BCUT2D eigenvalue weighted by Crippen LogP contribution is -2.28. The van der Waals surface area contributed by atoms with Gasteiger partial charge < -0.3 is 4.74 Å². The number of hydrogen-bond donors (Lipinski definition) is 0. The number of halogens is 1. The monoisotopic (exact) mass is 524 g/mol. The van der Waals surface area contributed by atoms with E-state index in [0.717, 1.165) is 43.6 Å². The van der Waals surface area contributed by atoms with Gasteiger partial charge in [-0.25, -0.2) is 0 Å². The molecule has 1 nitrogen and oxygen atoms in total. The van der Waals surface area contributed by atoms with Crippen LogP contribution in [-0.4, -0.2) is 6.61 Å².